The van der Waals surface area contributed by atoms with Gasteiger partial charge in [0.1, 0.15) is 5.82 Å². The van der Waals surface area contributed by atoms with Gasteiger partial charge in [-0.3, -0.25) is 0 Å². The number of aryl methyl sites for hydroxylation is 1. The van der Waals surface area contributed by atoms with Crippen LogP contribution >= 0.6 is 0 Å². The molecule has 2 N–H and O–H groups in total. The van der Waals surface area contributed by atoms with Crippen LogP contribution < -0.4 is 15.2 Å². The van der Waals surface area contributed by atoms with Crippen LogP contribution in [-0.4, -0.2) is 22.8 Å². The Morgan fingerprint density at radius 3 is 2.75 bits per heavy atom. The molecule has 1 aromatic carbocycles. The molecule has 0 fully saturated rings. The summed E-state index contributed by atoms with van der Waals surface area (Å²) in [7, 11) is 1.98. The standard InChI is InChI=1S/C15H21N3O2/c1-3-19-14-10-12(11-16)4-5-13(14)20-9-6-15-17-7-8-18(15)2/h4-5,7-8,10H,3,6,9,11,16H2,1-2H3. The van der Waals surface area contributed by atoms with Crippen LogP contribution in [-0.2, 0) is 20.0 Å². The Balaban J connectivity index is 1.99. The third kappa shape index (κ3) is 3.51. The molecule has 0 radical (unpaired) electrons. The van der Waals surface area contributed by atoms with Gasteiger partial charge in [-0.15, -0.1) is 0 Å². The van der Waals surface area contributed by atoms with Gasteiger partial charge in [-0.1, -0.05) is 6.07 Å². The van der Waals surface area contributed by atoms with Crippen molar-refractivity contribution in [2.45, 2.75) is 19.9 Å². The molecule has 5 heteroatoms. The van der Waals surface area contributed by atoms with Crippen molar-refractivity contribution in [3.8, 4) is 11.5 Å². The largest absolute Gasteiger partial charge is 0.490 e. The van der Waals surface area contributed by atoms with Crippen molar-refractivity contribution in [3.05, 3.63) is 42.0 Å². The topological polar surface area (TPSA) is 62.3 Å². The molecule has 0 saturated heterocycles. The van der Waals surface area contributed by atoms with Gasteiger partial charge in [-0.2, -0.15) is 0 Å². The maximum atomic E-state index is 5.80. The summed E-state index contributed by atoms with van der Waals surface area (Å²) in [6.07, 6.45) is 4.47. The summed E-state index contributed by atoms with van der Waals surface area (Å²) in [4.78, 5) is 4.27. The molecule has 0 bridgehead atoms. The molecule has 2 aromatic rings. The highest BCUT2D eigenvalue weighted by molar-refractivity contribution is 5.43. The zero-order chi connectivity index (χ0) is 14.4. The number of hydrogen-bond donors (Lipinski definition) is 1. The summed E-state index contributed by atoms with van der Waals surface area (Å²) >= 11 is 0. The van der Waals surface area contributed by atoms with Gasteiger partial charge in [0.2, 0.25) is 0 Å². The molecule has 5 nitrogen and oxygen atoms in total. The first-order valence-corrected chi connectivity index (χ1v) is 6.79. The highest BCUT2D eigenvalue weighted by Crippen LogP contribution is 2.28. The summed E-state index contributed by atoms with van der Waals surface area (Å²) in [6.45, 7) is 3.61. The fraction of sp³-hybridized carbons (Fsp3) is 0.400. The van der Waals surface area contributed by atoms with Gasteiger partial charge in [0.15, 0.2) is 11.5 Å². The molecule has 0 saturated carbocycles. The van der Waals surface area contributed by atoms with E-state index in [4.69, 9.17) is 15.2 Å². The molecule has 1 heterocycles. The minimum atomic E-state index is 0.494. The minimum absolute atomic E-state index is 0.494. The fourth-order valence-electron chi connectivity index (χ4n) is 1.96. The van der Waals surface area contributed by atoms with Gasteiger partial charge in [0.05, 0.1) is 13.2 Å². The van der Waals surface area contributed by atoms with E-state index in [1.807, 2.05) is 42.9 Å². The van der Waals surface area contributed by atoms with Crippen LogP contribution in [0.2, 0.25) is 0 Å². The highest BCUT2D eigenvalue weighted by atomic mass is 16.5. The van der Waals surface area contributed by atoms with Crippen LogP contribution in [0.5, 0.6) is 11.5 Å². The van der Waals surface area contributed by atoms with Crippen molar-refractivity contribution in [3.63, 3.8) is 0 Å². The molecule has 20 heavy (non-hydrogen) atoms. The third-order valence-electron chi connectivity index (χ3n) is 3.05. The van der Waals surface area contributed by atoms with Gasteiger partial charge in [0, 0.05) is 32.4 Å². The van der Waals surface area contributed by atoms with Gasteiger partial charge in [0.25, 0.3) is 0 Å². The van der Waals surface area contributed by atoms with Gasteiger partial charge >= 0.3 is 0 Å². The second-order valence-electron chi connectivity index (χ2n) is 4.47. The predicted octanol–water partition coefficient (Wildman–Crippen LogP) is 1.90. The average molecular weight is 275 g/mol. The SMILES string of the molecule is CCOc1cc(CN)ccc1OCCc1nccn1C. The smallest absolute Gasteiger partial charge is 0.161 e. The van der Waals surface area contributed by atoms with Crippen LogP contribution in [0.4, 0.5) is 0 Å². The molecule has 0 aliphatic heterocycles. The lowest BCUT2D eigenvalue weighted by atomic mass is 10.2. The Kier molecular flexibility index (Phi) is 5.01. The van der Waals surface area contributed by atoms with E-state index in [1.165, 1.54) is 0 Å². The summed E-state index contributed by atoms with van der Waals surface area (Å²) in [5.41, 5.74) is 6.67. The summed E-state index contributed by atoms with van der Waals surface area (Å²) < 4.78 is 13.4. The van der Waals surface area contributed by atoms with E-state index < -0.39 is 0 Å². The van der Waals surface area contributed by atoms with Crippen LogP contribution in [0.1, 0.15) is 18.3 Å². The molecular weight excluding hydrogens is 254 g/mol. The maximum absolute atomic E-state index is 5.80. The van der Waals surface area contributed by atoms with E-state index in [-0.39, 0.29) is 0 Å². The van der Waals surface area contributed by atoms with Crippen molar-refractivity contribution in [2.75, 3.05) is 13.2 Å². The first-order chi connectivity index (χ1) is 9.74. The Labute approximate surface area is 119 Å². The first kappa shape index (κ1) is 14.4. The van der Waals surface area contributed by atoms with Crippen LogP contribution in [0.3, 0.4) is 0 Å². The molecule has 0 aliphatic carbocycles. The zero-order valence-corrected chi connectivity index (χ0v) is 12.0. The molecule has 0 unspecified atom stereocenters. The summed E-state index contributed by atoms with van der Waals surface area (Å²) in [6, 6.07) is 5.80. The summed E-state index contributed by atoms with van der Waals surface area (Å²) in [5.74, 6) is 2.50. The Bertz CT molecular complexity index is 552. The number of nitrogens with two attached hydrogens (primary N) is 1. The molecule has 0 spiro atoms. The van der Waals surface area contributed by atoms with Crippen molar-refractivity contribution in [1.82, 2.24) is 9.55 Å². The van der Waals surface area contributed by atoms with E-state index in [2.05, 4.69) is 4.98 Å². The number of aromatic nitrogens is 2. The lowest BCUT2D eigenvalue weighted by molar-refractivity contribution is 0.277. The molecule has 0 atom stereocenters. The second kappa shape index (κ2) is 6.96. The molecule has 0 aliphatic rings. The van der Waals surface area contributed by atoms with Crippen molar-refractivity contribution >= 4 is 0 Å². The number of ether oxygens (including phenoxy) is 2. The lowest BCUT2D eigenvalue weighted by Gasteiger charge is -2.13. The zero-order valence-electron chi connectivity index (χ0n) is 12.0. The van der Waals surface area contributed by atoms with E-state index in [0.29, 0.717) is 19.8 Å². The van der Waals surface area contributed by atoms with E-state index >= 15 is 0 Å². The lowest BCUT2D eigenvalue weighted by Crippen LogP contribution is -2.07. The van der Waals surface area contributed by atoms with E-state index in [9.17, 15) is 0 Å². The van der Waals surface area contributed by atoms with E-state index in [0.717, 1.165) is 29.3 Å². The van der Waals surface area contributed by atoms with Crippen molar-refractivity contribution < 1.29 is 9.47 Å². The number of nitrogens with zero attached hydrogens (tertiary/aromatic N) is 2. The Morgan fingerprint density at radius 1 is 1.25 bits per heavy atom. The van der Waals surface area contributed by atoms with Crippen molar-refractivity contribution in [2.24, 2.45) is 12.8 Å². The van der Waals surface area contributed by atoms with Crippen LogP contribution in [0.15, 0.2) is 30.6 Å². The quantitative estimate of drug-likeness (QED) is 0.838. The number of imidazole rings is 1. The number of rotatable bonds is 7. The molecule has 1 aromatic heterocycles. The maximum Gasteiger partial charge on any atom is 0.161 e. The van der Waals surface area contributed by atoms with Gasteiger partial charge in [-0.25, -0.2) is 4.98 Å². The molecular formula is C15H21N3O2. The normalized spacial score (nSPS) is 10.6. The van der Waals surface area contributed by atoms with Crippen LogP contribution in [0.25, 0.3) is 0 Å². The van der Waals surface area contributed by atoms with Gasteiger partial charge in [-0.05, 0) is 24.6 Å². The Hall–Kier alpha value is -2.01. The predicted molar refractivity (Wildman–Crippen MR) is 77.9 cm³/mol. The number of hydrogen-bond acceptors (Lipinski definition) is 4. The minimum Gasteiger partial charge on any atom is -0.490 e. The molecule has 108 valence electrons. The molecule has 2 rings (SSSR count). The Morgan fingerprint density at radius 2 is 2.10 bits per heavy atom. The van der Waals surface area contributed by atoms with E-state index in [1.54, 1.807) is 6.20 Å². The first-order valence-electron chi connectivity index (χ1n) is 6.79. The van der Waals surface area contributed by atoms with Crippen molar-refractivity contribution in [1.29, 1.82) is 0 Å². The molecule has 0 amide bonds. The average Bonchev–Trinajstić information content (AvgIpc) is 2.86. The third-order valence-corrected chi connectivity index (χ3v) is 3.05. The monoisotopic (exact) mass is 275 g/mol. The summed E-state index contributed by atoms with van der Waals surface area (Å²) in [5, 5.41) is 0. The fourth-order valence-corrected chi connectivity index (χ4v) is 1.96. The van der Waals surface area contributed by atoms with Crippen LogP contribution in [0, 0.1) is 0 Å². The number of benzene rings is 1. The second-order valence-corrected chi connectivity index (χ2v) is 4.47. The highest BCUT2D eigenvalue weighted by Gasteiger charge is 2.07. The van der Waals surface area contributed by atoms with Gasteiger partial charge < -0.3 is 19.8 Å².